The molecule has 8 aromatic carbocycles. The van der Waals surface area contributed by atoms with E-state index in [1.165, 1.54) is 75.9 Å². The van der Waals surface area contributed by atoms with Gasteiger partial charge in [-0.2, -0.15) is 0 Å². The van der Waals surface area contributed by atoms with Crippen LogP contribution in [-0.2, 0) is 0 Å². The van der Waals surface area contributed by atoms with Gasteiger partial charge in [0.15, 0.2) is 0 Å². The molecule has 45 heavy (non-hydrogen) atoms. The summed E-state index contributed by atoms with van der Waals surface area (Å²) in [6, 6.07) is 55.3. The average Bonchev–Trinajstić information content (AvgIpc) is 3.60. The van der Waals surface area contributed by atoms with Crippen LogP contribution in [0.15, 0.2) is 156 Å². The van der Waals surface area contributed by atoms with Crippen LogP contribution in [0, 0.1) is 0 Å². The summed E-state index contributed by atoms with van der Waals surface area (Å²) in [6.07, 6.45) is 0. The molecule has 0 atom stereocenters. The van der Waals surface area contributed by atoms with Gasteiger partial charge in [0.25, 0.3) is 0 Å². The molecule has 210 valence electrons. The molecule has 2 aromatic heterocycles. The van der Waals surface area contributed by atoms with Gasteiger partial charge in [-0.1, -0.05) is 121 Å². The molecule has 2 nitrogen and oxygen atoms in total. The molecule has 0 aliphatic carbocycles. The van der Waals surface area contributed by atoms with Crippen LogP contribution in [0.4, 0.5) is 0 Å². The average molecular weight is 638 g/mol. The van der Waals surface area contributed by atoms with Gasteiger partial charge in [0.2, 0.25) is 0 Å². The van der Waals surface area contributed by atoms with Gasteiger partial charge in [-0.3, -0.25) is 0 Å². The van der Waals surface area contributed by atoms with Crippen LogP contribution in [0.5, 0.6) is 0 Å². The third-order valence-electron chi connectivity index (χ3n) is 9.52. The molecule has 0 amide bonds. The lowest BCUT2D eigenvalue weighted by Crippen LogP contribution is -2.01. The van der Waals surface area contributed by atoms with Gasteiger partial charge in [0, 0.05) is 32.3 Å². The minimum Gasteiger partial charge on any atom is -0.307 e. The number of aromatic nitrogens is 2. The highest BCUT2D eigenvalue weighted by molar-refractivity contribution is 9.10. The molecule has 0 fully saturated rings. The number of para-hydroxylation sites is 1. The Kier molecular flexibility index (Phi) is 5.17. The highest BCUT2D eigenvalue weighted by Gasteiger charge is 2.21. The first-order valence-electron chi connectivity index (χ1n) is 15.3. The summed E-state index contributed by atoms with van der Waals surface area (Å²) < 4.78 is 5.97. The number of hydrogen-bond donors (Lipinski definition) is 0. The second kappa shape index (κ2) is 9.31. The highest BCUT2D eigenvalue weighted by Crippen LogP contribution is 2.43. The van der Waals surface area contributed by atoms with E-state index in [2.05, 4.69) is 177 Å². The zero-order valence-electron chi connectivity index (χ0n) is 24.2. The molecule has 0 spiro atoms. The molecule has 0 aliphatic heterocycles. The van der Waals surface area contributed by atoms with Gasteiger partial charge < -0.3 is 9.13 Å². The van der Waals surface area contributed by atoms with Crippen LogP contribution < -0.4 is 0 Å². The van der Waals surface area contributed by atoms with Gasteiger partial charge in [0.1, 0.15) is 0 Å². The standard InChI is InChI=1S/C42H25BrN2/c43-40-37(44-36-17-8-7-16-32(36)33-22-20-26-10-3-5-14-30(26)41(33)44)18-9-19-38(40)45-39-25-29-13-2-1-12-28(29)24-35(39)34-23-21-27-11-4-6-15-31(27)42(34)45/h1-25H. The van der Waals surface area contributed by atoms with Crippen LogP contribution in [0.2, 0.25) is 0 Å². The number of rotatable bonds is 2. The van der Waals surface area contributed by atoms with E-state index in [1.807, 2.05) is 0 Å². The lowest BCUT2D eigenvalue weighted by atomic mass is 10.0. The van der Waals surface area contributed by atoms with E-state index in [0.29, 0.717) is 0 Å². The third-order valence-corrected chi connectivity index (χ3v) is 10.3. The summed E-state index contributed by atoms with van der Waals surface area (Å²) in [6.45, 7) is 0. The topological polar surface area (TPSA) is 9.86 Å². The molecule has 0 aliphatic rings. The summed E-state index contributed by atoms with van der Waals surface area (Å²) in [5, 5.41) is 12.5. The number of fused-ring (bicyclic) bond motifs is 11. The molecular weight excluding hydrogens is 612 g/mol. The van der Waals surface area contributed by atoms with Crippen molar-refractivity contribution >= 4 is 91.9 Å². The summed E-state index contributed by atoms with van der Waals surface area (Å²) >= 11 is 4.20. The second-order valence-corrected chi connectivity index (χ2v) is 12.7. The first-order valence-corrected chi connectivity index (χ1v) is 16.1. The minimum atomic E-state index is 1.06. The van der Waals surface area contributed by atoms with Crippen LogP contribution in [0.1, 0.15) is 0 Å². The molecule has 0 unspecified atom stereocenters. The first-order chi connectivity index (χ1) is 22.3. The summed E-state index contributed by atoms with van der Waals surface area (Å²) in [4.78, 5) is 0. The second-order valence-electron chi connectivity index (χ2n) is 11.9. The van der Waals surface area contributed by atoms with Crippen molar-refractivity contribution in [2.45, 2.75) is 0 Å². The fourth-order valence-electron chi connectivity index (χ4n) is 7.55. The van der Waals surface area contributed by atoms with Crippen LogP contribution in [-0.4, -0.2) is 9.13 Å². The predicted octanol–water partition coefficient (Wildman–Crippen LogP) is 12.1. The van der Waals surface area contributed by atoms with E-state index >= 15 is 0 Å². The summed E-state index contributed by atoms with van der Waals surface area (Å²) in [5.41, 5.74) is 7.08. The Balaban J connectivity index is 1.37. The summed E-state index contributed by atoms with van der Waals surface area (Å²) in [7, 11) is 0. The highest BCUT2D eigenvalue weighted by atomic mass is 79.9. The zero-order valence-corrected chi connectivity index (χ0v) is 25.8. The molecule has 2 heterocycles. The van der Waals surface area contributed by atoms with Gasteiger partial charge in [0.05, 0.1) is 37.9 Å². The van der Waals surface area contributed by atoms with Crippen LogP contribution in [0.3, 0.4) is 0 Å². The lowest BCUT2D eigenvalue weighted by molar-refractivity contribution is 1.12. The fraction of sp³-hybridized carbons (Fsp3) is 0. The monoisotopic (exact) mass is 636 g/mol. The normalized spacial score (nSPS) is 12.1. The lowest BCUT2D eigenvalue weighted by Gasteiger charge is -2.17. The van der Waals surface area contributed by atoms with Crippen molar-refractivity contribution in [3.05, 3.63) is 156 Å². The Morgan fingerprint density at radius 1 is 0.333 bits per heavy atom. The summed E-state index contributed by atoms with van der Waals surface area (Å²) in [5.74, 6) is 0. The largest absolute Gasteiger partial charge is 0.307 e. The molecule has 10 rings (SSSR count). The predicted molar refractivity (Wildman–Crippen MR) is 195 cm³/mol. The van der Waals surface area contributed by atoms with E-state index in [1.54, 1.807) is 0 Å². The third kappa shape index (κ3) is 3.44. The van der Waals surface area contributed by atoms with Gasteiger partial charge in [-0.05, 0) is 67.8 Å². The molecule has 0 bridgehead atoms. The number of nitrogens with zero attached hydrogens (tertiary/aromatic N) is 2. The fourth-order valence-corrected chi connectivity index (χ4v) is 8.17. The molecule has 10 aromatic rings. The maximum absolute atomic E-state index is 4.20. The maximum atomic E-state index is 4.20. The van der Waals surface area contributed by atoms with Crippen molar-refractivity contribution in [1.82, 2.24) is 9.13 Å². The van der Waals surface area contributed by atoms with E-state index < -0.39 is 0 Å². The number of halogens is 1. The van der Waals surface area contributed by atoms with E-state index in [-0.39, 0.29) is 0 Å². The van der Waals surface area contributed by atoms with Crippen molar-refractivity contribution in [2.24, 2.45) is 0 Å². The number of benzene rings is 8. The smallest absolute Gasteiger partial charge is 0.0656 e. The molecule has 3 heteroatoms. The molecular formula is C42H25BrN2. The Morgan fingerprint density at radius 2 is 0.822 bits per heavy atom. The Bertz CT molecular complexity index is 2830. The Labute approximate surface area is 267 Å². The molecule has 0 saturated heterocycles. The quantitative estimate of drug-likeness (QED) is 0.179. The Morgan fingerprint density at radius 3 is 1.47 bits per heavy atom. The SMILES string of the molecule is Brc1c(-n2c3ccccc3c3ccc4ccccc4c32)cccc1-n1c2cc3ccccc3cc2c2ccc3ccccc3c21. The van der Waals surface area contributed by atoms with Crippen molar-refractivity contribution in [2.75, 3.05) is 0 Å². The van der Waals surface area contributed by atoms with Gasteiger partial charge in [-0.15, -0.1) is 0 Å². The molecule has 0 N–H and O–H groups in total. The van der Waals surface area contributed by atoms with E-state index in [9.17, 15) is 0 Å². The van der Waals surface area contributed by atoms with Crippen molar-refractivity contribution < 1.29 is 0 Å². The Hall–Kier alpha value is -5.38. The maximum Gasteiger partial charge on any atom is 0.0656 e. The van der Waals surface area contributed by atoms with E-state index in [0.717, 1.165) is 15.8 Å². The van der Waals surface area contributed by atoms with Crippen LogP contribution >= 0.6 is 15.9 Å². The van der Waals surface area contributed by atoms with Crippen molar-refractivity contribution in [3.63, 3.8) is 0 Å². The molecule has 0 radical (unpaired) electrons. The van der Waals surface area contributed by atoms with Crippen molar-refractivity contribution in [1.29, 1.82) is 0 Å². The van der Waals surface area contributed by atoms with Gasteiger partial charge in [-0.25, -0.2) is 0 Å². The minimum absolute atomic E-state index is 1.06. The van der Waals surface area contributed by atoms with Crippen LogP contribution in [0.25, 0.3) is 87.3 Å². The zero-order chi connectivity index (χ0) is 29.6. The molecule has 0 saturated carbocycles. The van der Waals surface area contributed by atoms with Crippen molar-refractivity contribution in [3.8, 4) is 11.4 Å². The number of hydrogen-bond acceptors (Lipinski definition) is 0. The van der Waals surface area contributed by atoms with E-state index in [4.69, 9.17) is 0 Å². The first kappa shape index (κ1) is 25.0. The van der Waals surface area contributed by atoms with Gasteiger partial charge >= 0.3 is 0 Å².